The van der Waals surface area contributed by atoms with E-state index in [4.69, 9.17) is 15.9 Å². The summed E-state index contributed by atoms with van der Waals surface area (Å²) in [4.78, 5) is 1.65. The molecule has 1 aromatic rings. The van der Waals surface area contributed by atoms with Crippen LogP contribution in [0.2, 0.25) is 0 Å². The minimum Gasteiger partial charge on any atom is -0.384 e. The Morgan fingerprint density at radius 1 is 1.14 bits per heavy atom. The molecular formula is C15H21F2N3O. The van der Waals surface area contributed by atoms with Gasteiger partial charge in [-0.05, 0) is 39.8 Å². The number of nitrogens with one attached hydrogen (secondary N) is 1. The second-order valence-corrected chi connectivity index (χ2v) is 6.68. The molecule has 4 nitrogen and oxygen atoms in total. The van der Waals surface area contributed by atoms with E-state index in [1.807, 2.05) is 27.7 Å². The Balaban J connectivity index is 2.44. The summed E-state index contributed by atoms with van der Waals surface area (Å²) in [5.74, 6) is -1.79. The van der Waals surface area contributed by atoms with Crippen molar-refractivity contribution in [2.24, 2.45) is 5.73 Å². The van der Waals surface area contributed by atoms with E-state index in [2.05, 4.69) is 0 Å². The van der Waals surface area contributed by atoms with Crippen molar-refractivity contribution < 1.29 is 13.5 Å². The molecule has 0 saturated carbocycles. The molecule has 1 aromatic carbocycles. The molecule has 0 unspecified atom stereocenters. The van der Waals surface area contributed by atoms with E-state index in [1.54, 1.807) is 4.90 Å². The summed E-state index contributed by atoms with van der Waals surface area (Å²) in [6, 6.07) is 2.19. The van der Waals surface area contributed by atoms with Crippen molar-refractivity contribution in [2.75, 3.05) is 18.0 Å². The molecule has 0 radical (unpaired) electrons. The summed E-state index contributed by atoms with van der Waals surface area (Å²) in [6.45, 7) is 8.32. The molecule has 0 aromatic heterocycles. The number of hydrogen-bond acceptors (Lipinski definition) is 3. The third-order valence-electron chi connectivity index (χ3n) is 3.34. The summed E-state index contributed by atoms with van der Waals surface area (Å²) in [6.07, 6.45) is 0. The number of morpholine rings is 1. The number of nitrogen functional groups attached to an aromatic ring is 1. The molecule has 0 spiro atoms. The first-order chi connectivity index (χ1) is 9.51. The lowest BCUT2D eigenvalue weighted by Crippen LogP contribution is -2.57. The SMILES string of the molecule is CC1(C)CN(c2c(F)cc(C(=N)N)cc2F)CC(C)(C)O1. The number of ether oxygens (including phenoxy) is 1. The molecule has 2 rings (SSSR count). The van der Waals surface area contributed by atoms with Crippen LogP contribution in [0.1, 0.15) is 33.3 Å². The number of amidine groups is 1. The summed E-state index contributed by atoms with van der Waals surface area (Å²) in [5, 5.41) is 7.28. The highest BCUT2D eigenvalue weighted by Gasteiger charge is 2.39. The zero-order valence-electron chi connectivity index (χ0n) is 12.8. The van der Waals surface area contributed by atoms with Gasteiger partial charge in [0, 0.05) is 18.7 Å². The average Bonchev–Trinajstić information content (AvgIpc) is 2.22. The summed E-state index contributed by atoms with van der Waals surface area (Å²) >= 11 is 0. The molecule has 116 valence electrons. The zero-order chi connectivity index (χ0) is 16.0. The van der Waals surface area contributed by atoms with Gasteiger partial charge in [-0.3, -0.25) is 5.41 Å². The summed E-state index contributed by atoms with van der Waals surface area (Å²) in [5.41, 5.74) is 4.20. The van der Waals surface area contributed by atoms with Crippen molar-refractivity contribution in [1.29, 1.82) is 5.41 Å². The smallest absolute Gasteiger partial charge is 0.150 e. The molecule has 0 aliphatic carbocycles. The number of nitrogens with two attached hydrogens (primary N) is 1. The van der Waals surface area contributed by atoms with Crippen molar-refractivity contribution in [1.82, 2.24) is 0 Å². The quantitative estimate of drug-likeness (QED) is 0.651. The van der Waals surface area contributed by atoms with Crippen LogP contribution in [-0.4, -0.2) is 30.1 Å². The highest BCUT2D eigenvalue weighted by Crippen LogP contribution is 2.34. The number of nitrogens with zero attached hydrogens (tertiary/aromatic N) is 1. The van der Waals surface area contributed by atoms with E-state index in [9.17, 15) is 8.78 Å². The maximum Gasteiger partial charge on any atom is 0.150 e. The number of benzene rings is 1. The largest absolute Gasteiger partial charge is 0.384 e. The van der Waals surface area contributed by atoms with Gasteiger partial charge in [0.05, 0.1) is 11.2 Å². The Morgan fingerprint density at radius 2 is 1.57 bits per heavy atom. The highest BCUT2D eigenvalue weighted by molar-refractivity contribution is 5.95. The van der Waals surface area contributed by atoms with E-state index in [-0.39, 0.29) is 17.1 Å². The van der Waals surface area contributed by atoms with Crippen molar-refractivity contribution in [2.45, 2.75) is 38.9 Å². The van der Waals surface area contributed by atoms with Gasteiger partial charge in [0.1, 0.15) is 23.2 Å². The predicted molar refractivity (Wildman–Crippen MR) is 78.8 cm³/mol. The van der Waals surface area contributed by atoms with Crippen LogP contribution in [0.3, 0.4) is 0 Å². The number of halogens is 2. The van der Waals surface area contributed by atoms with Gasteiger partial charge in [-0.2, -0.15) is 0 Å². The van der Waals surface area contributed by atoms with E-state index < -0.39 is 22.8 Å². The van der Waals surface area contributed by atoms with Gasteiger partial charge in [-0.15, -0.1) is 0 Å². The standard InChI is InChI=1S/C15H21F2N3O/c1-14(2)7-20(8-15(3,4)21-14)12-10(16)5-9(13(18)19)6-11(12)17/h5-6H,7-8H2,1-4H3,(H3,18,19). The van der Waals surface area contributed by atoms with Crippen LogP contribution in [0, 0.1) is 17.0 Å². The topological polar surface area (TPSA) is 62.3 Å². The maximum atomic E-state index is 14.3. The average molecular weight is 297 g/mol. The van der Waals surface area contributed by atoms with Crippen LogP contribution < -0.4 is 10.6 Å². The second kappa shape index (κ2) is 4.94. The minimum absolute atomic E-state index is 0.0422. The van der Waals surface area contributed by atoms with Crippen LogP contribution in [0.25, 0.3) is 0 Å². The van der Waals surface area contributed by atoms with Crippen LogP contribution in [0.4, 0.5) is 14.5 Å². The first-order valence-corrected chi connectivity index (χ1v) is 6.79. The van der Waals surface area contributed by atoms with Gasteiger partial charge < -0.3 is 15.4 Å². The van der Waals surface area contributed by atoms with Crippen LogP contribution in [0.15, 0.2) is 12.1 Å². The molecule has 0 amide bonds. The minimum atomic E-state index is -0.714. The first kappa shape index (κ1) is 15.7. The molecule has 0 atom stereocenters. The monoisotopic (exact) mass is 297 g/mol. The maximum absolute atomic E-state index is 14.3. The zero-order valence-corrected chi connectivity index (χ0v) is 12.8. The van der Waals surface area contributed by atoms with Crippen LogP contribution in [0.5, 0.6) is 0 Å². The van der Waals surface area contributed by atoms with Crippen molar-refractivity contribution in [3.05, 3.63) is 29.3 Å². The van der Waals surface area contributed by atoms with E-state index >= 15 is 0 Å². The molecule has 1 saturated heterocycles. The van der Waals surface area contributed by atoms with Crippen LogP contribution in [-0.2, 0) is 4.74 Å². The van der Waals surface area contributed by atoms with Crippen molar-refractivity contribution >= 4 is 11.5 Å². The highest BCUT2D eigenvalue weighted by atomic mass is 19.1. The number of anilines is 1. The van der Waals surface area contributed by atoms with Gasteiger partial charge in [0.15, 0.2) is 0 Å². The first-order valence-electron chi connectivity index (χ1n) is 6.79. The van der Waals surface area contributed by atoms with Gasteiger partial charge in [0.2, 0.25) is 0 Å². The fourth-order valence-corrected chi connectivity index (χ4v) is 2.97. The molecule has 1 heterocycles. The lowest BCUT2D eigenvalue weighted by Gasteiger charge is -2.48. The lowest BCUT2D eigenvalue weighted by atomic mass is 9.98. The fourth-order valence-electron chi connectivity index (χ4n) is 2.97. The van der Waals surface area contributed by atoms with Crippen molar-refractivity contribution in [3.63, 3.8) is 0 Å². The lowest BCUT2D eigenvalue weighted by molar-refractivity contribution is -0.133. The Kier molecular flexibility index (Phi) is 3.70. The molecular weight excluding hydrogens is 276 g/mol. The molecule has 21 heavy (non-hydrogen) atoms. The Morgan fingerprint density at radius 3 is 1.95 bits per heavy atom. The van der Waals surface area contributed by atoms with Gasteiger partial charge in [0.25, 0.3) is 0 Å². The van der Waals surface area contributed by atoms with Gasteiger partial charge >= 0.3 is 0 Å². The normalized spacial score (nSPS) is 20.4. The third-order valence-corrected chi connectivity index (χ3v) is 3.34. The Hall–Kier alpha value is -1.69. The molecule has 1 aliphatic heterocycles. The molecule has 0 bridgehead atoms. The predicted octanol–water partition coefficient (Wildman–Crippen LogP) is 2.64. The molecule has 6 heteroatoms. The number of rotatable bonds is 2. The molecule has 3 N–H and O–H groups in total. The Bertz CT molecular complexity index is 545. The summed E-state index contributed by atoms with van der Waals surface area (Å²) < 4.78 is 34.5. The molecule has 1 fully saturated rings. The van der Waals surface area contributed by atoms with E-state index in [1.165, 1.54) is 0 Å². The number of hydrogen-bond donors (Lipinski definition) is 2. The van der Waals surface area contributed by atoms with Gasteiger partial charge in [-0.25, -0.2) is 8.78 Å². The van der Waals surface area contributed by atoms with Gasteiger partial charge in [-0.1, -0.05) is 0 Å². The second-order valence-electron chi connectivity index (χ2n) is 6.68. The Labute approximate surface area is 123 Å². The third kappa shape index (κ3) is 3.32. The van der Waals surface area contributed by atoms with Crippen molar-refractivity contribution in [3.8, 4) is 0 Å². The van der Waals surface area contributed by atoms with Crippen LogP contribution >= 0.6 is 0 Å². The summed E-state index contributed by atoms with van der Waals surface area (Å²) in [7, 11) is 0. The van der Waals surface area contributed by atoms with E-state index in [0.29, 0.717) is 13.1 Å². The fraction of sp³-hybridized carbons (Fsp3) is 0.533. The van der Waals surface area contributed by atoms with E-state index in [0.717, 1.165) is 12.1 Å². The molecule has 1 aliphatic rings.